The van der Waals surface area contributed by atoms with Crippen molar-refractivity contribution in [3.8, 4) is 5.88 Å². The highest BCUT2D eigenvalue weighted by Gasteiger charge is 2.08. The summed E-state index contributed by atoms with van der Waals surface area (Å²) >= 11 is 0. The second kappa shape index (κ2) is 5.05. The minimum absolute atomic E-state index is 0.476. The van der Waals surface area contributed by atoms with Crippen molar-refractivity contribution >= 4 is 0 Å². The Balaban J connectivity index is 1.98. The van der Waals surface area contributed by atoms with Gasteiger partial charge >= 0.3 is 0 Å². The van der Waals surface area contributed by atoms with Crippen molar-refractivity contribution in [1.29, 1.82) is 0 Å². The lowest BCUT2D eigenvalue weighted by atomic mass is 10.2. The third-order valence-electron chi connectivity index (χ3n) is 2.48. The fraction of sp³-hybridized carbons (Fsp3) is 0.417. The zero-order valence-electron chi connectivity index (χ0n) is 10.3. The second-order valence-electron chi connectivity index (χ2n) is 4.00. The van der Waals surface area contributed by atoms with E-state index >= 15 is 0 Å². The number of aromatic amines is 1. The average molecular weight is 235 g/mol. The summed E-state index contributed by atoms with van der Waals surface area (Å²) in [7, 11) is 1.89. The summed E-state index contributed by atoms with van der Waals surface area (Å²) in [5.74, 6) is 2.42. The maximum absolute atomic E-state index is 5.58. The van der Waals surface area contributed by atoms with Gasteiger partial charge in [-0.05, 0) is 27.0 Å². The molecule has 0 saturated heterocycles. The molecule has 17 heavy (non-hydrogen) atoms. The predicted molar refractivity (Wildman–Crippen MR) is 63.9 cm³/mol. The van der Waals surface area contributed by atoms with E-state index in [1.54, 1.807) is 0 Å². The zero-order valence-corrected chi connectivity index (χ0v) is 10.3. The molecule has 0 bridgehead atoms. The normalized spacial score (nSPS) is 10.8. The molecule has 0 spiro atoms. The van der Waals surface area contributed by atoms with E-state index in [1.165, 1.54) is 0 Å². The van der Waals surface area contributed by atoms with Gasteiger partial charge in [0.1, 0.15) is 18.1 Å². The molecule has 0 aliphatic rings. The number of ether oxygens (including phenoxy) is 1. The molecule has 0 aliphatic heterocycles. The van der Waals surface area contributed by atoms with Crippen LogP contribution in [0.3, 0.4) is 0 Å². The number of nitrogens with zero attached hydrogens (tertiary/aromatic N) is 1. The number of furan rings is 1. The van der Waals surface area contributed by atoms with Crippen LogP contribution in [-0.4, -0.2) is 17.2 Å². The van der Waals surface area contributed by atoms with Crippen LogP contribution in [-0.2, 0) is 13.2 Å². The molecule has 2 aromatic heterocycles. The van der Waals surface area contributed by atoms with E-state index in [2.05, 4.69) is 15.5 Å². The van der Waals surface area contributed by atoms with E-state index in [0.29, 0.717) is 12.5 Å². The van der Waals surface area contributed by atoms with E-state index in [1.807, 2.05) is 33.0 Å². The fourth-order valence-electron chi connectivity index (χ4n) is 1.61. The smallest absolute Gasteiger partial charge is 0.233 e. The molecule has 2 N–H and O–H groups in total. The molecule has 0 aliphatic carbocycles. The Morgan fingerprint density at radius 2 is 2.24 bits per heavy atom. The van der Waals surface area contributed by atoms with Gasteiger partial charge in [0, 0.05) is 17.3 Å². The van der Waals surface area contributed by atoms with Gasteiger partial charge in [-0.15, -0.1) is 5.10 Å². The van der Waals surface area contributed by atoms with Gasteiger partial charge in [-0.25, -0.2) is 0 Å². The van der Waals surface area contributed by atoms with E-state index in [-0.39, 0.29) is 0 Å². The first-order valence-corrected chi connectivity index (χ1v) is 5.56. The van der Waals surface area contributed by atoms with Crippen LogP contribution in [0, 0.1) is 13.8 Å². The van der Waals surface area contributed by atoms with Crippen LogP contribution in [0.4, 0.5) is 0 Å². The molecule has 92 valence electrons. The molecule has 0 unspecified atom stereocenters. The molecule has 2 heterocycles. The average Bonchev–Trinajstić information content (AvgIpc) is 2.83. The number of aryl methyl sites for hydroxylation is 2. The summed E-state index contributed by atoms with van der Waals surface area (Å²) in [6.45, 7) is 5.08. The van der Waals surface area contributed by atoms with Crippen LogP contribution in [0.5, 0.6) is 5.88 Å². The van der Waals surface area contributed by atoms with Gasteiger partial charge < -0.3 is 14.5 Å². The first-order chi connectivity index (χ1) is 8.19. The van der Waals surface area contributed by atoms with Gasteiger partial charge in [0.25, 0.3) is 0 Å². The van der Waals surface area contributed by atoms with Crippen molar-refractivity contribution < 1.29 is 9.15 Å². The minimum atomic E-state index is 0.476. The van der Waals surface area contributed by atoms with Crippen LogP contribution < -0.4 is 10.1 Å². The molecule has 0 atom stereocenters. The Hall–Kier alpha value is -1.75. The van der Waals surface area contributed by atoms with Gasteiger partial charge in [0.2, 0.25) is 5.88 Å². The molecule has 0 fully saturated rings. The van der Waals surface area contributed by atoms with Gasteiger partial charge in [-0.3, -0.25) is 5.10 Å². The standard InChI is InChI=1S/C12H17N3O2/c1-8-4-12(15-14-8)16-7-10-5-11(6-13-3)17-9(10)2/h4-5,13H,6-7H2,1-3H3,(H,14,15). The summed E-state index contributed by atoms with van der Waals surface area (Å²) in [6, 6.07) is 3.87. The van der Waals surface area contributed by atoms with Crippen LogP contribution in [0.25, 0.3) is 0 Å². The number of H-pyrrole nitrogens is 1. The number of hydrogen-bond donors (Lipinski definition) is 2. The molecule has 0 amide bonds. The maximum Gasteiger partial charge on any atom is 0.233 e. The first kappa shape index (κ1) is 11.7. The monoisotopic (exact) mass is 235 g/mol. The molecule has 0 radical (unpaired) electrons. The topological polar surface area (TPSA) is 63.1 Å². The lowest BCUT2D eigenvalue weighted by molar-refractivity contribution is 0.290. The van der Waals surface area contributed by atoms with Crippen molar-refractivity contribution in [2.24, 2.45) is 0 Å². The Morgan fingerprint density at radius 3 is 2.88 bits per heavy atom. The second-order valence-corrected chi connectivity index (χ2v) is 4.00. The molecule has 5 nitrogen and oxygen atoms in total. The highest BCUT2D eigenvalue weighted by molar-refractivity contribution is 5.21. The third kappa shape index (κ3) is 2.88. The van der Waals surface area contributed by atoms with E-state index in [9.17, 15) is 0 Å². The van der Waals surface area contributed by atoms with Crippen molar-refractivity contribution in [1.82, 2.24) is 15.5 Å². The largest absolute Gasteiger partial charge is 0.472 e. The van der Waals surface area contributed by atoms with Crippen molar-refractivity contribution in [3.05, 3.63) is 34.9 Å². The molecule has 2 rings (SSSR count). The van der Waals surface area contributed by atoms with Crippen LogP contribution in [0.15, 0.2) is 16.5 Å². The fourth-order valence-corrected chi connectivity index (χ4v) is 1.61. The van der Waals surface area contributed by atoms with Crippen molar-refractivity contribution in [2.45, 2.75) is 27.0 Å². The Bertz CT molecular complexity index is 488. The highest BCUT2D eigenvalue weighted by Crippen LogP contribution is 2.17. The zero-order chi connectivity index (χ0) is 12.3. The van der Waals surface area contributed by atoms with Crippen molar-refractivity contribution in [2.75, 3.05) is 7.05 Å². The third-order valence-corrected chi connectivity index (χ3v) is 2.48. The van der Waals surface area contributed by atoms with Crippen LogP contribution in [0.2, 0.25) is 0 Å². The summed E-state index contributed by atoms with van der Waals surface area (Å²) in [5, 5.41) is 9.90. The highest BCUT2D eigenvalue weighted by atomic mass is 16.5. The molecular weight excluding hydrogens is 218 g/mol. The number of rotatable bonds is 5. The Kier molecular flexibility index (Phi) is 3.49. The molecular formula is C12H17N3O2. The lowest BCUT2D eigenvalue weighted by Gasteiger charge is -1.99. The lowest BCUT2D eigenvalue weighted by Crippen LogP contribution is -2.03. The van der Waals surface area contributed by atoms with E-state index in [0.717, 1.165) is 29.3 Å². The quantitative estimate of drug-likeness (QED) is 0.831. The summed E-state index contributed by atoms with van der Waals surface area (Å²) in [5.41, 5.74) is 2.04. The van der Waals surface area contributed by atoms with Crippen LogP contribution >= 0.6 is 0 Å². The van der Waals surface area contributed by atoms with Gasteiger partial charge in [0.05, 0.1) is 6.54 Å². The summed E-state index contributed by atoms with van der Waals surface area (Å²) < 4.78 is 11.1. The Morgan fingerprint density at radius 1 is 1.41 bits per heavy atom. The molecule has 0 saturated carbocycles. The molecule has 0 aromatic carbocycles. The van der Waals surface area contributed by atoms with E-state index in [4.69, 9.17) is 9.15 Å². The summed E-state index contributed by atoms with van der Waals surface area (Å²) in [4.78, 5) is 0. The van der Waals surface area contributed by atoms with Gasteiger partial charge in [-0.2, -0.15) is 0 Å². The Labute approximate surface area is 100 Å². The number of aromatic nitrogens is 2. The van der Waals surface area contributed by atoms with Gasteiger partial charge in [0.15, 0.2) is 0 Å². The molecule has 5 heteroatoms. The minimum Gasteiger partial charge on any atom is -0.472 e. The molecule has 2 aromatic rings. The number of nitrogens with one attached hydrogen (secondary N) is 2. The summed E-state index contributed by atoms with van der Waals surface area (Å²) in [6.07, 6.45) is 0. The predicted octanol–water partition coefficient (Wildman–Crippen LogP) is 1.92. The number of hydrogen-bond acceptors (Lipinski definition) is 4. The van der Waals surface area contributed by atoms with Crippen LogP contribution in [0.1, 0.15) is 22.8 Å². The first-order valence-electron chi connectivity index (χ1n) is 5.56. The SMILES string of the molecule is CNCc1cc(COc2cc(C)[nH]n2)c(C)o1. The van der Waals surface area contributed by atoms with E-state index < -0.39 is 0 Å². The van der Waals surface area contributed by atoms with Crippen molar-refractivity contribution in [3.63, 3.8) is 0 Å². The van der Waals surface area contributed by atoms with Gasteiger partial charge in [-0.1, -0.05) is 0 Å². The maximum atomic E-state index is 5.58.